The number of sulfonamides is 1. The monoisotopic (exact) mass is 497 g/mol. The molecule has 0 aliphatic carbocycles. The molecule has 170 valence electrons. The number of amides is 1. The van der Waals surface area contributed by atoms with Crippen molar-refractivity contribution in [2.45, 2.75) is 23.3 Å². The van der Waals surface area contributed by atoms with Gasteiger partial charge in [0.1, 0.15) is 6.54 Å². The number of carbonyl (C=O) groups is 2. The maximum absolute atomic E-state index is 12.9. The normalized spacial score (nSPS) is 12.8. The molecule has 1 aromatic heterocycles. The Kier molecular flexibility index (Phi) is 6.64. The molecule has 1 heterocycles. The predicted molar refractivity (Wildman–Crippen MR) is 117 cm³/mol. The second kappa shape index (κ2) is 8.94. The number of hydrogen-bond acceptors (Lipinski definition) is 8. The maximum Gasteiger partial charge on any atom is 0.325 e. The van der Waals surface area contributed by atoms with Crippen LogP contribution in [0.1, 0.15) is 17.3 Å². The zero-order chi connectivity index (χ0) is 23.7. The Labute approximate surface area is 187 Å². The van der Waals surface area contributed by atoms with Gasteiger partial charge < -0.3 is 9.30 Å². The molecule has 32 heavy (non-hydrogen) atoms. The lowest BCUT2D eigenvalue weighted by Gasteiger charge is -2.06. The smallest absolute Gasteiger partial charge is 0.325 e. The van der Waals surface area contributed by atoms with Crippen LogP contribution >= 0.6 is 11.3 Å². The highest BCUT2D eigenvalue weighted by atomic mass is 32.2. The van der Waals surface area contributed by atoms with Crippen LogP contribution in [0.3, 0.4) is 0 Å². The molecule has 0 bridgehead atoms. The number of aromatic nitrogens is 1. The molecular weight excluding hydrogens is 478 g/mol. The molecule has 0 saturated heterocycles. The van der Waals surface area contributed by atoms with Crippen LogP contribution in [0.4, 0.5) is 0 Å². The Hall–Kier alpha value is -2.87. The highest BCUT2D eigenvalue weighted by molar-refractivity contribution is 7.91. The van der Waals surface area contributed by atoms with Gasteiger partial charge in [-0.05, 0) is 30.3 Å². The van der Waals surface area contributed by atoms with Crippen LogP contribution in [0.5, 0.6) is 0 Å². The first-order chi connectivity index (χ1) is 15.0. The van der Waals surface area contributed by atoms with E-state index < -0.39 is 31.7 Å². The number of ether oxygens (including phenoxy) is 1. The van der Waals surface area contributed by atoms with Gasteiger partial charge in [0.05, 0.1) is 38.4 Å². The molecule has 0 atom stereocenters. The summed E-state index contributed by atoms with van der Waals surface area (Å²) in [5.74, 6) is -1.64. The van der Waals surface area contributed by atoms with Gasteiger partial charge in [-0.2, -0.15) is 4.99 Å². The quantitative estimate of drug-likeness (QED) is 0.499. The van der Waals surface area contributed by atoms with Crippen molar-refractivity contribution in [1.29, 1.82) is 0 Å². The Morgan fingerprint density at radius 1 is 1.12 bits per heavy atom. The topological polar surface area (TPSA) is 155 Å². The van der Waals surface area contributed by atoms with Gasteiger partial charge in [0.15, 0.2) is 14.6 Å². The molecule has 3 aromatic rings. The third-order valence-electron chi connectivity index (χ3n) is 4.53. The minimum atomic E-state index is -3.98. The summed E-state index contributed by atoms with van der Waals surface area (Å²) in [6, 6.07) is 9.72. The van der Waals surface area contributed by atoms with Crippen molar-refractivity contribution >= 4 is 53.3 Å². The fraction of sp³-hybridized carbons (Fsp3) is 0.211. The fourth-order valence-electron chi connectivity index (χ4n) is 2.88. The van der Waals surface area contributed by atoms with Crippen LogP contribution in [0.15, 0.2) is 57.2 Å². The van der Waals surface area contributed by atoms with Crippen molar-refractivity contribution in [3.8, 4) is 0 Å². The minimum Gasteiger partial charge on any atom is -0.468 e. The summed E-state index contributed by atoms with van der Waals surface area (Å²) in [4.78, 5) is 28.7. The molecule has 0 unspecified atom stereocenters. The molecule has 0 fully saturated rings. The van der Waals surface area contributed by atoms with Crippen LogP contribution in [0.25, 0.3) is 10.2 Å². The summed E-state index contributed by atoms with van der Waals surface area (Å²) in [6.07, 6.45) is 0. The van der Waals surface area contributed by atoms with Gasteiger partial charge in [0.2, 0.25) is 10.0 Å². The van der Waals surface area contributed by atoms with Crippen molar-refractivity contribution in [3.05, 3.63) is 52.8 Å². The number of rotatable bonds is 6. The zero-order valence-corrected chi connectivity index (χ0v) is 19.5. The van der Waals surface area contributed by atoms with Crippen LogP contribution in [-0.4, -0.2) is 46.1 Å². The van der Waals surface area contributed by atoms with E-state index in [4.69, 9.17) is 9.88 Å². The minimum absolute atomic E-state index is 0.0608. The van der Waals surface area contributed by atoms with Crippen molar-refractivity contribution < 1.29 is 31.2 Å². The summed E-state index contributed by atoms with van der Waals surface area (Å²) < 4.78 is 54.6. The van der Waals surface area contributed by atoms with Crippen LogP contribution < -0.4 is 9.94 Å². The van der Waals surface area contributed by atoms with Gasteiger partial charge in [-0.3, -0.25) is 9.59 Å². The second-order valence-electron chi connectivity index (χ2n) is 6.54. The van der Waals surface area contributed by atoms with E-state index in [1.165, 1.54) is 61.1 Å². The molecule has 10 nitrogen and oxygen atoms in total. The lowest BCUT2D eigenvalue weighted by atomic mass is 10.2. The summed E-state index contributed by atoms with van der Waals surface area (Å²) in [7, 11) is -6.46. The molecular formula is C19H19N3O7S3. The number of hydrogen-bond donors (Lipinski definition) is 1. The van der Waals surface area contributed by atoms with E-state index in [0.717, 1.165) is 11.3 Å². The first kappa shape index (κ1) is 23.8. The van der Waals surface area contributed by atoms with E-state index in [-0.39, 0.29) is 32.5 Å². The van der Waals surface area contributed by atoms with Gasteiger partial charge in [-0.15, -0.1) is 0 Å². The largest absolute Gasteiger partial charge is 0.468 e. The van der Waals surface area contributed by atoms with E-state index in [0.29, 0.717) is 10.2 Å². The standard InChI is InChI=1S/C19H19N3O7S3/c1-3-31(25,26)16-7-5-4-6-13(16)18(24)21-19-22(11-17(23)29-2)14-9-8-12(32(20,27)28)10-15(14)30-19/h4-10H,3,11H2,1-2H3,(H2,20,27,28). The number of fused-ring (bicyclic) bond motifs is 1. The van der Waals surface area contributed by atoms with E-state index in [1.54, 1.807) is 0 Å². The molecule has 0 saturated carbocycles. The number of methoxy groups -OCH3 is 1. The van der Waals surface area contributed by atoms with Crippen molar-refractivity contribution in [2.75, 3.05) is 12.9 Å². The summed E-state index contributed by atoms with van der Waals surface area (Å²) in [5, 5.41) is 5.18. The van der Waals surface area contributed by atoms with Crippen LogP contribution in [-0.2, 0) is 35.9 Å². The first-order valence-electron chi connectivity index (χ1n) is 9.11. The molecule has 2 aromatic carbocycles. The molecule has 0 aliphatic heterocycles. The maximum atomic E-state index is 12.9. The Balaban J connectivity index is 2.25. The average molecular weight is 498 g/mol. The number of nitrogens with zero attached hydrogens (tertiary/aromatic N) is 2. The number of carbonyl (C=O) groups excluding carboxylic acids is 2. The number of nitrogens with two attached hydrogens (primary N) is 1. The van der Waals surface area contributed by atoms with Crippen molar-refractivity contribution in [2.24, 2.45) is 10.1 Å². The van der Waals surface area contributed by atoms with E-state index >= 15 is 0 Å². The summed E-state index contributed by atoms with van der Waals surface area (Å²) in [6.45, 7) is 1.17. The van der Waals surface area contributed by atoms with Crippen LogP contribution in [0, 0.1) is 0 Å². The van der Waals surface area contributed by atoms with Gasteiger partial charge in [-0.1, -0.05) is 30.4 Å². The number of esters is 1. The van der Waals surface area contributed by atoms with Gasteiger partial charge in [0.25, 0.3) is 5.91 Å². The molecule has 2 N–H and O–H groups in total. The van der Waals surface area contributed by atoms with E-state index in [2.05, 4.69) is 4.99 Å². The van der Waals surface area contributed by atoms with Crippen molar-refractivity contribution in [1.82, 2.24) is 4.57 Å². The SMILES string of the molecule is CCS(=O)(=O)c1ccccc1C(=O)N=c1sc2cc(S(N)(=O)=O)ccc2n1CC(=O)OC. The molecule has 0 aliphatic rings. The van der Waals surface area contributed by atoms with Gasteiger partial charge in [0, 0.05) is 0 Å². The Morgan fingerprint density at radius 2 is 1.81 bits per heavy atom. The third kappa shape index (κ3) is 4.80. The highest BCUT2D eigenvalue weighted by Gasteiger charge is 2.21. The number of primary sulfonamides is 1. The summed E-state index contributed by atoms with van der Waals surface area (Å²) >= 11 is 0.947. The van der Waals surface area contributed by atoms with E-state index in [9.17, 15) is 26.4 Å². The van der Waals surface area contributed by atoms with Gasteiger partial charge in [-0.25, -0.2) is 22.0 Å². The number of thiazole rings is 1. The zero-order valence-electron chi connectivity index (χ0n) is 17.0. The first-order valence-corrected chi connectivity index (χ1v) is 13.1. The molecule has 13 heteroatoms. The van der Waals surface area contributed by atoms with E-state index in [1.807, 2.05) is 0 Å². The summed E-state index contributed by atoms with van der Waals surface area (Å²) in [5.41, 5.74) is 0.315. The molecule has 0 radical (unpaired) electrons. The highest BCUT2D eigenvalue weighted by Crippen LogP contribution is 2.22. The molecule has 3 rings (SSSR count). The Morgan fingerprint density at radius 3 is 2.44 bits per heavy atom. The molecule has 0 spiro atoms. The fourth-order valence-corrected chi connectivity index (χ4v) is 5.65. The predicted octanol–water partition coefficient (Wildman–Crippen LogP) is 1.06. The average Bonchev–Trinajstić information content (AvgIpc) is 3.09. The lowest BCUT2D eigenvalue weighted by Crippen LogP contribution is -2.23. The molecule has 1 amide bonds. The van der Waals surface area contributed by atoms with Crippen molar-refractivity contribution in [3.63, 3.8) is 0 Å². The lowest BCUT2D eigenvalue weighted by molar-refractivity contribution is -0.141. The van der Waals surface area contributed by atoms with Gasteiger partial charge >= 0.3 is 5.97 Å². The Bertz CT molecular complexity index is 1500. The number of benzene rings is 2. The number of sulfone groups is 1. The third-order valence-corrected chi connectivity index (χ3v) is 8.27. The second-order valence-corrected chi connectivity index (χ2v) is 11.4. The van der Waals surface area contributed by atoms with Crippen LogP contribution in [0.2, 0.25) is 0 Å².